The number of hydrogen-bond acceptors (Lipinski definition) is 4. The maximum Gasteiger partial charge on any atom is 0.417 e. The molecule has 10 heteroatoms. The van der Waals surface area contributed by atoms with Crippen LogP contribution in [0.15, 0.2) is 72.0 Å². The average molecular weight is 553 g/mol. The van der Waals surface area contributed by atoms with Crippen molar-refractivity contribution in [2.45, 2.75) is 45.0 Å². The van der Waals surface area contributed by atoms with Gasteiger partial charge in [-0.15, -0.1) is 0 Å². The van der Waals surface area contributed by atoms with Crippen molar-refractivity contribution >= 4 is 11.5 Å². The molecule has 0 saturated carbocycles. The first-order valence-electron chi connectivity index (χ1n) is 12.5. The molecule has 2 aromatic rings. The number of Topliss-reactive ketones (excluding diaryl/α,β-unsaturated/α-hetero) is 1. The predicted octanol–water partition coefficient (Wildman–Crippen LogP) is 8.19. The molecule has 0 spiro atoms. The Morgan fingerprint density at radius 1 is 1.10 bits per heavy atom. The van der Waals surface area contributed by atoms with Gasteiger partial charge in [0.2, 0.25) is 0 Å². The van der Waals surface area contributed by atoms with Gasteiger partial charge in [-0.05, 0) is 42.9 Å². The third-order valence-corrected chi connectivity index (χ3v) is 6.20. The third kappa shape index (κ3) is 8.54. The summed E-state index contributed by atoms with van der Waals surface area (Å²) in [6.45, 7) is 2.42. The van der Waals surface area contributed by atoms with Gasteiger partial charge in [-0.25, -0.2) is 0 Å². The number of nitrogens with zero attached hydrogens (tertiary/aromatic N) is 1. The molecule has 210 valence electrons. The summed E-state index contributed by atoms with van der Waals surface area (Å²) in [6, 6.07) is 6.59. The van der Waals surface area contributed by atoms with E-state index in [2.05, 4.69) is 10.3 Å². The summed E-state index contributed by atoms with van der Waals surface area (Å²) in [6.07, 6.45) is -1.12. The molecule has 0 radical (unpaired) electrons. The molecule has 1 heterocycles. The smallest absolute Gasteiger partial charge is 0.383 e. The molecular formula is C29H30F6N2O2. The lowest BCUT2D eigenvalue weighted by Crippen LogP contribution is -2.14. The number of alkyl halides is 6. The minimum atomic E-state index is -4.57. The number of nitrogens with one attached hydrogen (secondary N) is 1. The van der Waals surface area contributed by atoms with Gasteiger partial charge in [-0.3, -0.25) is 9.78 Å². The van der Waals surface area contributed by atoms with Crippen molar-refractivity contribution in [1.29, 1.82) is 0 Å². The van der Waals surface area contributed by atoms with Gasteiger partial charge in [0.25, 0.3) is 0 Å². The average Bonchev–Trinajstić information content (AvgIpc) is 2.85. The minimum Gasteiger partial charge on any atom is -0.383 e. The van der Waals surface area contributed by atoms with Gasteiger partial charge in [0.05, 0.1) is 23.4 Å². The molecule has 1 aromatic carbocycles. The van der Waals surface area contributed by atoms with Crippen LogP contribution >= 0.6 is 0 Å². The van der Waals surface area contributed by atoms with E-state index in [1.807, 2.05) is 13.0 Å². The zero-order valence-electron chi connectivity index (χ0n) is 21.6. The van der Waals surface area contributed by atoms with Gasteiger partial charge < -0.3 is 10.1 Å². The Bertz CT molecular complexity index is 1250. The van der Waals surface area contributed by atoms with Crippen molar-refractivity contribution in [3.05, 3.63) is 83.2 Å². The van der Waals surface area contributed by atoms with E-state index < -0.39 is 23.5 Å². The number of anilines is 1. The van der Waals surface area contributed by atoms with Crippen molar-refractivity contribution in [3.8, 4) is 11.1 Å². The number of pyridine rings is 1. The normalized spacial score (nSPS) is 16.3. The van der Waals surface area contributed by atoms with Crippen molar-refractivity contribution in [2.24, 2.45) is 5.92 Å². The number of halogens is 6. The van der Waals surface area contributed by atoms with Crippen LogP contribution in [0.4, 0.5) is 32.0 Å². The van der Waals surface area contributed by atoms with Crippen molar-refractivity contribution in [1.82, 2.24) is 4.98 Å². The van der Waals surface area contributed by atoms with E-state index in [9.17, 15) is 31.1 Å². The van der Waals surface area contributed by atoms with Crippen LogP contribution in [0.3, 0.4) is 0 Å². The van der Waals surface area contributed by atoms with E-state index in [0.29, 0.717) is 31.6 Å². The molecule has 0 fully saturated rings. The van der Waals surface area contributed by atoms with E-state index in [1.165, 1.54) is 49.7 Å². The van der Waals surface area contributed by atoms with Gasteiger partial charge in [0, 0.05) is 31.8 Å². The Labute approximate surface area is 223 Å². The highest BCUT2D eigenvalue weighted by Crippen LogP contribution is 2.38. The first-order chi connectivity index (χ1) is 18.4. The first kappa shape index (κ1) is 30.1. The van der Waals surface area contributed by atoms with E-state index in [0.717, 1.165) is 12.1 Å². The summed E-state index contributed by atoms with van der Waals surface area (Å²) in [5.74, 6) is -0.423. The molecule has 1 aromatic heterocycles. The highest BCUT2D eigenvalue weighted by molar-refractivity contribution is 6.00. The van der Waals surface area contributed by atoms with Crippen LogP contribution in [0.5, 0.6) is 0 Å². The second-order valence-electron chi connectivity index (χ2n) is 9.30. The molecule has 3 rings (SSSR count). The van der Waals surface area contributed by atoms with Gasteiger partial charge in [0.15, 0.2) is 5.78 Å². The fraction of sp³-hybridized carbons (Fsp3) is 0.379. The van der Waals surface area contributed by atoms with Crippen LogP contribution in [-0.4, -0.2) is 37.2 Å². The third-order valence-electron chi connectivity index (χ3n) is 6.20. The Hall–Kier alpha value is -3.40. The standard InChI is InChI=1S/C29H30F6N2O2/c1-19-10-12-22(28(30,31)32)13-11-20(16-19)6-5-9-26(38)27-25(36-14-15-39-2)17-21(18-37-27)23-7-3-4-8-24(23)29(33,34)35/h3-4,7-8,11-13,16-19,36H,5-6,9-10,14-15H2,1-2H3. The number of ether oxygens (including phenoxy) is 1. The predicted molar refractivity (Wildman–Crippen MR) is 138 cm³/mol. The molecule has 0 bridgehead atoms. The second kappa shape index (κ2) is 13.1. The van der Waals surface area contributed by atoms with E-state index in [1.54, 1.807) is 0 Å². The molecule has 1 unspecified atom stereocenters. The molecule has 1 aliphatic carbocycles. The van der Waals surface area contributed by atoms with Gasteiger partial charge >= 0.3 is 12.4 Å². The molecule has 1 atom stereocenters. The van der Waals surface area contributed by atoms with Gasteiger partial charge in [-0.1, -0.05) is 55.0 Å². The van der Waals surface area contributed by atoms with Crippen molar-refractivity contribution < 1.29 is 35.9 Å². The van der Waals surface area contributed by atoms with E-state index in [-0.39, 0.29) is 47.1 Å². The number of aromatic nitrogens is 1. The zero-order chi connectivity index (χ0) is 28.6. The van der Waals surface area contributed by atoms with Crippen LogP contribution in [-0.2, 0) is 10.9 Å². The van der Waals surface area contributed by atoms with E-state index in [4.69, 9.17) is 4.74 Å². The monoisotopic (exact) mass is 552 g/mol. The lowest BCUT2D eigenvalue weighted by Gasteiger charge is -2.16. The largest absolute Gasteiger partial charge is 0.417 e. The summed E-state index contributed by atoms with van der Waals surface area (Å²) in [4.78, 5) is 17.3. The van der Waals surface area contributed by atoms with Gasteiger partial charge in [-0.2, -0.15) is 26.3 Å². The molecular weight excluding hydrogens is 522 g/mol. The Kier molecular flexibility index (Phi) is 10.1. The highest BCUT2D eigenvalue weighted by atomic mass is 19.4. The topological polar surface area (TPSA) is 51.2 Å². The molecule has 1 aliphatic rings. The summed E-state index contributed by atoms with van der Waals surface area (Å²) in [7, 11) is 1.49. The quantitative estimate of drug-likeness (QED) is 0.183. The number of carbonyl (C=O) groups excluding carboxylic acids is 1. The molecule has 4 nitrogen and oxygen atoms in total. The second-order valence-corrected chi connectivity index (χ2v) is 9.30. The Morgan fingerprint density at radius 2 is 1.85 bits per heavy atom. The SMILES string of the molecule is COCCNc1cc(-c2ccccc2C(F)(F)F)cnc1C(=O)CCCC1=CC(C)CC=C(C(F)(F)F)C=C1. The highest BCUT2D eigenvalue weighted by Gasteiger charge is 2.34. The number of ketones is 1. The molecule has 0 aliphatic heterocycles. The van der Waals surface area contributed by atoms with Crippen molar-refractivity contribution in [2.75, 3.05) is 25.6 Å². The number of carbonyl (C=O) groups is 1. The van der Waals surface area contributed by atoms with Crippen LogP contribution in [0.2, 0.25) is 0 Å². The Balaban J connectivity index is 1.78. The fourth-order valence-corrected chi connectivity index (χ4v) is 4.25. The van der Waals surface area contributed by atoms with Gasteiger partial charge in [0.1, 0.15) is 5.69 Å². The van der Waals surface area contributed by atoms with Crippen LogP contribution < -0.4 is 5.32 Å². The summed E-state index contributed by atoms with van der Waals surface area (Å²) < 4.78 is 85.2. The molecule has 1 N–H and O–H groups in total. The summed E-state index contributed by atoms with van der Waals surface area (Å²) in [5.41, 5.74) is -0.299. The lowest BCUT2D eigenvalue weighted by atomic mass is 9.95. The molecule has 39 heavy (non-hydrogen) atoms. The number of rotatable bonds is 10. The van der Waals surface area contributed by atoms with E-state index >= 15 is 0 Å². The van der Waals surface area contributed by atoms with Crippen LogP contribution in [0.1, 0.15) is 48.7 Å². The fourth-order valence-electron chi connectivity index (χ4n) is 4.25. The molecule has 0 saturated heterocycles. The maximum atomic E-state index is 13.6. The van der Waals surface area contributed by atoms with Crippen molar-refractivity contribution in [3.63, 3.8) is 0 Å². The summed E-state index contributed by atoms with van der Waals surface area (Å²) in [5, 5.41) is 3.02. The number of allylic oxidation sites excluding steroid dienone is 6. The minimum absolute atomic E-state index is 0.0595. The number of benzene rings is 1. The number of methoxy groups -OCH3 is 1. The zero-order valence-corrected chi connectivity index (χ0v) is 21.6. The lowest BCUT2D eigenvalue weighted by molar-refractivity contribution is -0.137. The molecule has 0 amide bonds. The maximum absolute atomic E-state index is 13.6. The van der Waals surface area contributed by atoms with Crippen LogP contribution in [0.25, 0.3) is 11.1 Å². The first-order valence-corrected chi connectivity index (χ1v) is 12.5. The summed E-state index contributed by atoms with van der Waals surface area (Å²) >= 11 is 0. The Morgan fingerprint density at radius 3 is 2.54 bits per heavy atom. The van der Waals surface area contributed by atoms with Crippen LogP contribution in [0, 0.1) is 5.92 Å². The number of hydrogen-bond donors (Lipinski definition) is 1.